The van der Waals surface area contributed by atoms with Crippen LogP contribution in [0.2, 0.25) is 0 Å². The third-order valence-electron chi connectivity index (χ3n) is 6.53. The highest BCUT2D eigenvalue weighted by Gasteiger charge is 2.23. The highest BCUT2D eigenvalue weighted by molar-refractivity contribution is 5.29. The van der Waals surface area contributed by atoms with E-state index in [2.05, 4.69) is 37.3 Å². The van der Waals surface area contributed by atoms with Crippen molar-refractivity contribution in [2.75, 3.05) is 13.2 Å². The van der Waals surface area contributed by atoms with Gasteiger partial charge in [-0.05, 0) is 67.0 Å². The van der Waals surface area contributed by atoms with Gasteiger partial charge in [0.05, 0.1) is 6.61 Å². The maximum atomic E-state index is 9.62. The van der Waals surface area contributed by atoms with E-state index in [1.807, 2.05) is 18.2 Å². The van der Waals surface area contributed by atoms with Crippen molar-refractivity contribution in [3.05, 3.63) is 59.7 Å². The predicted molar refractivity (Wildman–Crippen MR) is 133 cm³/mol. The Morgan fingerprint density at radius 1 is 0.906 bits per heavy atom. The van der Waals surface area contributed by atoms with Crippen LogP contribution in [0.3, 0.4) is 0 Å². The molecule has 1 aliphatic rings. The lowest BCUT2D eigenvalue weighted by molar-refractivity contribution is 0.263. The summed E-state index contributed by atoms with van der Waals surface area (Å²) >= 11 is 0. The highest BCUT2D eigenvalue weighted by atomic mass is 16.6. The molecular weight excluding hydrogens is 396 g/mol. The van der Waals surface area contributed by atoms with Crippen LogP contribution >= 0.6 is 0 Å². The second-order valence-electron chi connectivity index (χ2n) is 9.36. The standard InChI is InChI=1S/C29H42O3/c1-2-3-4-9-14-25(26-17-19-27(30)20-18-26)15-10-7-5-6-8-12-24-13-11-16-28(21-24)31-22-29-23-32-29/h11,13,16-21,25,29-30H,2-10,12,14-15,22-23H2,1H3. The van der Waals surface area contributed by atoms with E-state index in [4.69, 9.17) is 9.47 Å². The van der Waals surface area contributed by atoms with E-state index in [-0.39, 0.29) is 0 Å². The maximum absolute atomic E-state index is 9.62. The van der Waals surface area contributed by atoms with Crippen molar-refractivity contribution in [3.63, 3.8) is 0 Å². The van der Waals surface area contributed by atoms with Crippen molar-refractivity contribution in [2.45, 2.75) is 96.0 Å². The van der Waals surface area contributed by atoms with Crippen molar-refractivity contribution < 1.29 is 14.6 Å². The van der Waals surface area contributed by atoms with E-state index >= 15 is 0 Å². The average Bonchev–Trinajstić information content (AvgIpc) is 3.64. The van der Waals surface area contributed by atoms with E-state index in [9.17, 15) is 5.11 Å². The first-order valence-electron chi connectivity index (χ1n) is 12.9. The number of ether oxygens (including phenoxy) is 2. The van der Waals surface area contributed by atoms with Crippen LogP contribution < -0.4 is 4.74 Å². The zero-order valence-corrected chi connectivity index (χ0v) is 19.9. The summed E-state index contributed by atoms with van der Waals surface area (Å²) in [5, 5.41) is 9.62. The van der Waals surface area contributed by atoms with Crippen molar-refractivity contribution in [3.8, 4) is 11.5 Å². The Labute approximate surface area is 195 Å². The highest BCUT2D eigenvalue weighted by Crippen LogP contribution is 2.30. The normalized spacial score (nSPS) is 16.1. The lowest BCUT2D eigenvalue weighted by Gasteiger charge is -2.17. The van der Waals surface area contributed by atoms with Crippen LogP contribution in [0.5, 0.6) is 11.5 Å². The van der Waals surface area contributed by atoms with Gasteiger partial charge in [0.25, 0.3) is 0 Å². The molecule has 3 nitrogen and oxygen atoms in total. The van der Waals surface area contributed by atoms with E-state index in [1.165, 1.54) is 81.8 Å². The molecule has 2 atom stereocenters. The summed E-state index contributed by atoms with van der Waals surface area (Å²) in [4.78, 5) is 0. The molecule has 2 aromatic carbocycles. The Kier molecular flexibility index (Phi) is 10.9. The number of phenolic OH excluding ortho intramolecular Hbond substituents is 1. The number of phenols is 1. The van der Waals surface area contributed by atoms with Crippen molar-refractivity contribution in [1.29, 1.82) is 0 Å². The molecular formula is C29H42O3. The number of hydrogen-bond donors (Lipinski definition) is 1. The van der Waals surface area contributed by atoms with E-state index in [1.54, 1.807) is 0 Å². The summed E-state index contributed by atoms with van der Waals surface area (Å²) in [7, 11) is 0. The number of aryl methyl sites for hydroxylation is 1. The Bertz CT molecular complexity index is 751. The van der Waals surface area contributed by atoms with E-state index < -0.39 is 0 Å². The van der Waals surface area contributed by atoms with Crippen molar-refractivity contribution in [2.24, 2.45) is 0 Å². The summed E-state index contributed by atoms with van der Waals surface area (Å²) in [6.07, 6.45) is 15.7. The molecule has 176 valence electrons. The number of epoxide rings is 1. The fourth-order valence-electron chi connectivity index (χ4n) is 4.44. The molecule has 0 radical (unpaired) electrons. The molecule has 1 aliphatic heterocycles. The second-order valence-corrected chi connectivity index (χ2v) is 9.36. The Balaban J connectivity index is 1.31. The molecule has 32 heavy (non-hydrogen) atoms. The minimum Gasteiger partial charge on any atom is -0.508 e. The van der Waals surface area contributed by atoms with Crippen LogP contribution in [0.4, 0.5) is 0 Å². The molecule has 0 bridgehead atoms. The predicted octanol–water partition coefficient (Wildman–Crippen LogP) is 7.81. The molecule has 0 spiro atoms. The Morgan fingerprint density at radius 2 is 1.59 bits per heavy atom. The lowest BCUT2D eigenvalue weighted by atomic mass is 9.88. The molecule has 3 rings (SSSR count). The molecule has 0 saturated carbocycles. The number of hydrogen-bond acceptors (Lipinski definition) is 3. The molecule has 1 fully saturated rings. The zero-order chi connectivity index (χ0) is 22.4. The van der Waals surface area contributed by atoms with Gasteiger partial charge in [0.1, 0.15) is 24.2 Å². The molecule has 0 amide bonds. The van der Waals surface area contributed by atoms with Gasteiger partial charge in [0.15, 0.2) is 0 Å². The summed E-state index contributed by atoms with van der Waals surface area (Å²) in [6, 6.07) is 16.5. The van der Waals surface area contributed by atoms with Crippen LogP contribution in [-0.2, 0) is 11.2 Å². The Hall–Kier alpha value is -2.00. The van der Waals surface area contributed by atoms with Gasteiger partial charge < -0.3 is 14.6 Å². The third kappa shape index (κ3) is 9.65. The van der Waals surface area contributed by atoms with Gasteiger partial charge in [-0.15, -0.1) is 0 Å². The summed E-state index contributed by atoms with van der Waals surface area (Å²) in [6.45, 7) is 3.79. The summed E-state index contributed by atoms with van der Waals surface area (Å²) < 4.78 is 11.0. The van der Waals surface area contributed by atoms with Gasteiger partial charge >= 0.3 is 0 Å². The minimum atomic E-state index is 0.309. The van der Waals surface area contributed by atoms with Gasteiger partial charge in [-0.2, -0.15) is 0 Å². The van der Waals surface area contributed by atoms with Crippen LogP contribution in [-0.4, -0.2) is 24.4 Å². The monoisotopic (exact) mass is 438 g/mol. The van der Waals surface area contributed by atoms with Gasteiger partial charge in [-0.25, -0.2) is 0 Å². The lowest BCUT2D eigenvalue weighted by Crippen LogP contribution is -2.04. The van der Waals surface area contributed by atoms with Crippen LogP contribution in [0.15, 0.2) is 48.5 Å². The number of rotatable bonds is 17. The molecule has 1 saturated heterocycles. The largest absolute Gasteiger partial charge is 0.508 e. The van der Waals surface area contributed by atoms with E-state index in [0.29, 0.717) is 24.4 Å². The van der Waals surface area contributed by atoms with Crippen LogP contribution in [0, 0.1) is 0 Å². The topological polar surface area (TPSA) is 42.0 Å². The molecule has 1 N–H and O–H groups in total. The van der Waals surface area contributed by atoms with Crippen molar-refractivity contribution >= 4 is 0 Å². The van der Waals surface area contributed by atoms with Crippen LogP contribution in [0.1, 0.15) is 94.6 Å². The molecule has 1 heterocycles. The number of aromatic hydroxyl groups is 1. The second kappa shape index (κ2) is 14.2. The first kappa shape index (κ1) is 24.6. The van der Waals surface area contributed by atoms with Crippen LogP contribution in [0.25, 0.3) is 0 Å². The maximum Gasteiger partial charge on any atom is 0.119 e. The van der Waals surface area contributed by atoms with Gasteiger partial charge in [-0.1, -0.05) is 82.6 Å². The SMILES string of the molecule is CCCCCCC(CCCCCCCc1cccc(OCC2CO2)c1)c1ccc(O)cc1. The van der Waals surface area contributed by atoms with Gasteiger partial charge in [-0.3, -0.25) is 0 Å². The van der Waals surface area contributed by atoms with Crippen molar-refractivity contribution in [1.82, 2.24) is 0 Å². The molecule has 3 heteroatoms. The molecule has 2 unspecified atom stereocenters. The summed E-state index contributed by atoms with van der Waals surface area (Å²) in [5.74, 6) is 1.97. The fourth-order valence-corrected chi connectivity index (χ4v) is 4.44. The third-order valence-corrected chi connectivity index (χ3v) is 6.53. The first-order chi connectivity index (χ1) is 15.7. The van der Waals surface area contributed by atoms with Gasteiger partial charge in [0.2, 0.25) is 0 Å². The molecule has 2 aromatic rings. The average molecular weight is 439 g/mol. The molecule has 0 aromatic heterocycles. The molecule has 0 aliphatic carbocycles. The number of benzene rings is 2. The summed E-state index contributed by atoms with van der Waals surface area (Å²) in [5.41, 5.74) is 2.77. The zero-order valence-electron chi connectivity index (χ0n) is 19.9. The first-order valence-corrected chi connectivity index (χ1v) is 12.9. The Morgan fingerprint density at radius 3 is 2.31 bits per heavy atom. The quantitative estimate of drug-likeness (QED) is 0.202. The number of unbranched alkanes of at least 4 members (excludes halogenated alkanes) is 7. The minimum absolute atomic E-state index is 0.309. The van der Waals surface area contributed by atoms with E-state index in [0.717, 1.165) is 18.8 Å². The smallest absolute Gasteiger partial charge is 0.119 e. The van der Waals surface area contributed by atoms with Gasteiger partial charge in [0, 0.05) is 0 Å². The fraction of sp³-hybridized carbons (Fsp3) is 0.586.